The van der Waals surface area contributed by atoms with Gasteiger partial charge in [-0.05, 0) is 37.6 Å². The second kappa shape index (κ2) is 5.98. The van der Waals surface area contributed by atoms with E-state index in [1.54, 1.807) is 17.8 Å². The number of methoxy groups -OCH3 is 1. The number of fused-ring (bicyclic) bond motifs is 2. The molecule has 8 heteroatoms. The van der Waals surface area contributed by atoms with E-state index < -0.39 is 5.67 Å². The molecular weight excluding hydrogens is 335 g/mol. The molecule has 0 unspecified atom stereocenters. The summed E-state index contributed by atoms with van der Waals surface area (Å²) in [7, 11) is 1.56. The molecule has 4 rings (SSSR count). The summed E-state index contributed by atoms with van der Waals surface area (Å²) >= 11 is 0. The van der Waals surface area contributed by atoms with Gasteiger partial charge in [0.25, 0.3) is 0 Å². The number of anilines is 1. The summed E-state index contributed by atoms with van der Waals surface area (Å²) in [5, 5.41) is 7.90. The van der Waals surface area contributed by atoms with Crippen LogP contribution in [0.1, 0.15) is 13.8 Å². The fourth-order valence-electron chi connectivity index (χ4n) is 2.83. The smallest absolute Gasteiger partial charge is 0.228 e. The molecule has 4 aromatic heterocycles. The first-order valence-electron chi connectivity index (χ1n) is 8.24. The van der Waals surface area contributed by atoms with Crippen LogP contribution in [0.4, 0.5) is 10.3 Å². The quantitative estimate of drug-likeness (QED) is 0.574. The Labute approximate surface area is 149 Å². The van der Waals surface area contributed by atoms with Crippen molar-refractivity contribution in [2.75, 3.05) is 19.0 Å². The molecule has 134 valence electrons. The average Bonchev–Trinajstić information content (AvgIpc) is 3.24. The second-order valence-electron chi connectivity index (χ2n) is 6.67. The topological polar surface area (TPSA) is 80.1 Å². The number of H-pyrrole nitrogens is 1. The molecule has 4 heterocycles. The zero-order chi connectivity index (χ0) is 18.3. The highest BCUT2D eigenvalue weighted by Gasteiger charge is 2.19. The summed E-state index contributed by atoms with van der Waals surface area (Å²) in [5.74, 6) is 0.749. The van der Waals surface area contributed by atoms with Gasteiger partial charge in [-0.25, -0.2) is 8.91 Å². The van der Waals surface area contributed by atoms with Gasteiger partial charge < -0.3 is 15.0 Å². The first kappa shape index (κ1) is 16.3. The highest BCUT2D eigenvalue weighted by atomic mass is 19.1. The zero-order valence-electron chi connectivity index (χ0n) is 14.7. The van der Waals surface area contributed by atoms with Crippen molar-refractivity contribution in [3.8, 4) is 17.0 Å². The van der Waals surface area contributed by atoms with Crippen molar-refractivity contribution in [2.45, 2.75) is 19.5 Å². The Morgan fingerprint density at radius 2 is 2.15 bits per heavy atom. The average molecular weight is 354 g/mol. The lowest BCUT2D eigenvalue weighted by Gasteiger charge is -2.15. The normalized spacial score (nSPS) is 12.0. The van der Waals surface area contributed by atoms with Crippen molar-refractivity contribution >= 4 is 22.5 Å². The van der Waals surface area contributed by atoms with Gasteiger partial charge in [-0.1, -0.05) is 0 Å². The Bertz CT molecular complexity index is 1080. The molecule has 0 radical (unpaired) electrons. The van der Waals surface area contributed by atoms with E-state index in [2.05, 4.69) is 25.4 Å². The summed E-state index contributed by atoms with van der Waals surface area (Å²) in [5.41, 5.74) is 2.17. The molecule has 4 aromatic rings. The molecule has 0 saturated heterocycles. The largest absolute Gasteiger partial charge is 0.480 e. The van der Waals surface area contributed by atoms with Crippen molar-refractivity contribution in [3.05, 3.63) is 36.8 Å². The van der Waals surface area contributed by atoms with Crippen molar-refractivity contribution in [1.29, 1.82) is 0 Å². The molecule has 0 aliphatic rings. The van der Waals surface area contributed by atoms with Crippen molar-refractivity contribution in [1.82, 2.24) is 24.6 Å². The van der Waals surface area contributed by atoms with E-state index >= 15 is 0 Å². The third kappa shape index (κ3) is 2.94. The van der Waals surface area contributed by atoms with Gasteiger partial charge in [-0.3, -0.25) is 0 Å². The third-order valence-electron chi connectivity index (χ3n) is 4.07. The molecule has 0 aliphatic carbocycles. The molecule has 0 saturated carbocycles. The van der Waals surface area contributed by atoms with E-state index in [9.17, 15) is 4.39 Å². The van der Waals surface area contributed by atoms with E-state index in [0.717, 1.165) is 22.0 Å². The minimum Gasteiger partial charge on any atom is -0.480 e. The lowest BCUT2D eigenvalue weighted by atomic mass is 10.1. The Morgan fingerprint density at radius 3 is 2.92 bits per heavy atom. The lowest BCUT2D eigenvalue weighted by Crippen LogP contribution is -2.25. The lowest BCUT2D eigenvalue weighted by molar-refractivity contribution is 0.234. The molecule has 2 N–H and O–H groups in total. The van der Waals surface area contributed by atoms with Crippen molar-refractivity contribution < 1.29 is 9.13 Å². The van der Waals surface area contributed by atoms with E-state index in [-0.39, 0.29) is 6.54 Å². The van der Waals surface area contributed by atoms with Crippen LogP contribution < -0.4 is 10.1 Å². The molecular formula is C18H19FN6O. The number of pyridine rings is 1. The Kier molecular flexibility index (Phi) is 3.75. The van der Waals surface area contributed by atoms with Gasteiger partial charge in [-0.15, -0.1) is 0 Å². The van der Waals surface area contributed by atoms with Crippen LogP contribution in [0.5, 0.6) is 5.88 Å². The van der Waals surface area contributed by atoms with Crippen LogP contribution in [0, 0.1) is 0 Å². The Hall–Kier alpha value is -3.16. The minimum atomic E-state index is -1.37. The van der Waals surface area contributed by atoms with Crippen LogP contribution in [0.2, 0.25) is 0 Å². The number of halogens is 1. The van der Waals surface area contributed by atoms with Gasteiger partial charge in [0.2, 0.25) is 11.8 Å². The highest BCUT2D eigenvalue weighted by molar-refractivity contribution is 5.98. The number of rotatable bonds is 5. The predicted octanol–water partition coefficient (Wildman–Crippen LogP) is 3.44. The summed E-state index contributed by atoms with van der Waals surface area (Å²) in [6.45, 7) is 3.09. The SMILES string of the molecule is COc1nc(NCC(C)(C)F)nc2[nH]cc(-c3ccn4nccc4c3)c12. The highest BCUT2D eigenvalue weighted by Crippen LogP contribution is 2.34. The predicted molar refractivity (Wildman–Crippen MR) is 98.3 cm³/mol. The van der Waals surface area contributed by atoms with Gasteiger partial charge in [-0.2, -0.15) is 15.1 Å². The number of aromatic nitrogens is 5. The molecule has 7 nitrogen and oxygen atoms in total. The number of ether oxygens (including phenoxy) is 1. The Morgan fingerprint density at radius 1 is 1.31 bits per heavy atom. The van der Waals surface area contributed by atoms with Gasteiger partial charge in [0.1, 0.15) is 11.3 Å². The minimum absolute atomic E-state index is 0.104. The Balaban J connectivity index is 1.79. The van der Waals surface area contributed by atoms with Gasteiger partial charge >= 0.3 is 0 Å². The number of nitrogens with one attached hydrogen (secondary N) is 2. The van der Waals surface area contributed by atoms with Crippen molar-refractivity contribution in [3.63, 3.8) is 0 Å². The van der Waals surface area contributed by atoms with Gasteiger partial charge in [0.15, 0.2) is 0 Å². The van der Waals surface area contributed by atoms with E-state index in [1.807, 2.05) is 30.6 Å². The monoisotopic (exact) mass is 354 g/mol. The summed E-state index contributed by atoms with van der Waals surface area (Å²) < 4.78 is 21.0. The molecule has 0 atom stereocenters. The first-order chi connectivity index (χ1) is 12.4. The number of hydrogen-bond donors (Lipinski definition) is 2. The maximum atomic E-state index is 13.7. The van der Waals surface area contributed by atoms with E-state index in [0.29, 0.717) is 17.5 Å². The summed E-state index contributed by atoms with van der Waals surface area (Å²) in [6.07, 6.45) is 5.52. The van der Waals surface area contributed by atoms with E-state index in [1.165, 1.54) is 13.8 Å². The fraction of sp³-hybridized carbons (Fsp3) is 0.278. The number of aromatic amines is 1. The number of alkyl halides is 1. The van der Waals surface area contributed by atoms with Crippen molar-refractivity contribution in [2.24, 2.45) is 0 Å². The van der Waals surface area contributed by atoms with E-state index in [4.69, 9.17) is 4.74 Å². The number of hydrogen-bond acceptors (Lipinski definition) is 5. The molecule has 26 heavy (non-hydrogen) atoms. The summed E-state index contributed by atoms with van der Waals surface area (Å²) in [4.78, 5) is 12.0. The second-order valence-corrected chi connectivity index (χ2v) is 6.67. The van der Waals surface area contributed by atoms with Crippen LogP contribution in [-0.2, 0) is 0 Å². The molecule has 0 aromatic carbocycles. The van der Waals surface area contributed by atoms with Crippen LogP contribution >= 0.6 is 0 Å². The maximum absolute atomic E-state index is 13.7. The first-order valence-corrected chi connectivity index (χ1v) is 8.24. The molecule has 0 bridgehead atoms. The molecule has 0 fully saturated rings. The van der Waals surface area contributed by atoms with Crippen LogP contribution in [-0.4, -0.2) is 43.9 Å². The standard InChI is InChI=1S/C18H19FN6O/c1-18(2,19)10-21-17-23-15-14(16(24-17)26-3)13(9-20-15)11-5-7-25-12(8-11)4-6-22-25/h4-9H,10H2,1-3H3,(H2,20,21,23,24). The van der Waals surface area contributed by atoms with Gasteiger partial charge in [0.05, 0.1) is 24.6 Å². The number of nitrogens with zero attached hydrogens (tertiary/aromatic N) is 4. The molecule has 0 spiro atoms. The maximum Gasteiger partial charge on any atom is 0.228 e. The van der Waals surface area contributed by atoms with Crippen LogP contribution in [0.15, 0.2) is 36.8 Å². The third-order valence-corrected chi connectivity index (χ3v) is 4.07. The zero-order valence-corrected chi connectivity index (χ0v) is 14.7. The fourth-order valence-corrected chi connectivity index (χ4v) is 2.83. The summed E-state index contributed by atoms with van der Waals surface area (Å²) in [6, 6.07) is 5.94. The van der Waals surface area contributed by atoms with Crippen LogP contribution in [0.3, 0.4) is 0 Å². The van der Waals surface area contributed by atoms with Gasteiger partial charge in [0, 0.05) is 24.2 Å². The molecule has 0 amide bonds. The van der Waals surface area contributed by atoms with Crippen LogP contribution in [0.25, 0.3) is 27.7 Å². The molecule has 0 aliphatic heterocycles.